The number of hydrogen-bond acceptors (Lipinski definition) is 3. The SMILES string of the molecule is CCNC(=O)[C@@H](Cc1ccccc1)N(Cc1ccc(Cl)cc1Cl)C(=O)COc1ccc(CC)cc1. The normalized spacial score (nSPS) is 11.5. The zero-order valence-corrected chi connectivity index (χ0v) is 21.5. The van der Waals surface area contributed by atoms with E-state index in [2.05, 4.69) is 12.2 Å². The number of carbonyl (C=O) groups is 2. The topological polar surface area (TPSA) is 58.6 Å². The first kappa shape index (κ1) is 26.6. The fraction of sp³-hybridized carbons (Fsp3) is 0.286. The molecule has 0 saturated carbocycles. The highest BCUT2D eigenvalue weighted by Gasteiger charge is 2.31. The van der Waals surface area contributed by atoms with Crippen LogP contribution in [0.15, 0.2) is 72.8 Å². The molecule has 5 nitrogen and oxygen atoms in total. The molecule has 2 amide bonds. The molecule has 0 bridgehead atoms. The summed E-state index contributed by atoms with van der Waals surface area (Å²) in [5.74, 6) is 0.0440. The Balaban J connectivity index is 1.89. The summed E-state index contributed by atoms with van der Waals surface area (Å²) in [6, 6.07) is 21.6. The minimum atomic E-state index is -0.748. The van der Waals surface area contributed by atoms with Crippen LogP contribution in [0.1, 0.15) is 30.5 Å². The van der Waals surface area contributed by atoms with E-state index in [0.717, 1.165) is 12.0 Å². The predicted octanol–water partition coefficient (Wildman–Crippen LogP) is 5.71. The van der Waals surface area contributed by atoms with Crippen molar-refractivity contribution in [1.82, 2.24) is 10.2 Å². The Labute approximate surface area is 217 Å². The quantitative estimate of drug-likeness (QED) is 0.357. The number of likely N-dealkylation sites (N-methyl/N-ethyl adjacent to an activating group) is 1. The molecule has 0 saturated heterocycles. The van der Waals surface area contributed by atoms with Crippen molar-refractivity contribution in [3.8, 4) is 5.75 Å². The van der Waals surface area contributed by atoms with Crippen LogP contribution in [0.2, 0.25) is 10.0 Å². The van der Waals surface area contributed by atoms with Crippen LogP contribution in [-0.2, 0) is 29.0 Å². The number of carbonyl (C=O) groups excluding carboxylic acids is 2. The summed E-state index contributed by atoms with van der Waals surface area (Å²) in [4.78, 5) is 28.2. The molecule has 0 heterocycles. The highest BCUT2D eigenvalue weighted by molar-refractivity contribution is 6.35. The zero-order valence-electron chi connectivity index (χ0n) is 20.0. The standard InChI is InChI=1S/C28H30Cl2N2O3/c1-3-20-10-14-24(15-11-20)35-19-27(33)32(18-22-12-13-23(29)17-25(22)30)26(28(34)31-4-2)16-21-8-6-5-7-9-21/h5-15,17,26H,3-4,16,18-19H2,1-2H3,(H,31,34)/t26-/m1/s1. The van der Waals surface area contributed by atoms with Crippen molar-refractivity contribution in [2.75, 3.05) is 13.2 Å². The van der Waals surface area contributed by atoms with Crippen molar-refractivity contribution in [2.45, 2.75) is 39.3 Å². The molecule has 35 heavy (non-hydrogen) atoms. The van der Waals surface area contributed by atoms with Crippen LogP contribution in [0.5, 0.6) is 5.75 Å². The van der Waals surface area contributed by atoms with Gasteiger partial charge in [0.15, 0.2) is 6.61 Å². The van der Waals surface area contributed by atoms with Crippen molar-refractivity contribution < 1.29 is 14.3 Å². The van der Waals surface area contributed by atoms with Crippen molar-refractivity contribution in [1.29, 1.82) is 0 Å². The molecule has 3 aromatic carbocycles. The van der Waals surface area contributed by atoms with Gasteiger partial charge in [0.1, 0.15) is 11.8 Å². The summed E-state index contributed by atoms with van der Waals surface area (Å²) in [5.41, 5.74) is 2.82. The van der Waals surface area contributed by atoms with E-state index in [0.29, 0.717) is 34.3 Å². The lowest BCUT2D eigenvalue weighted by Gasteiger charge is -2.31. The summed E-state index contributed by atoms with van der Waals surface area (Å²) in [5, 5.41) is 3.80. The molecule has 3 rings (SSSR count). The van der Waals surface area contributed by atoms with Gasteiger partial charge in [-0.2, -0.15) is 0 Å². The number of aryl methyl sites for hydroxylation is 1. The van der Waals surface area contributed by atoms with Gasteiger partial charge in [-0.15, -0.1) is 0 Å². The Morgan fingerprint density at radius 1 is 0.943 bits per heavy atom. The lowest BCUT2D eigenvalue weighted by atomic mass is 10.0. The lowest BCUT2D eigenvalue weighted by molar-refractivity contribution is -0.142. The minimum absolute atomic E-state index is 0.140. The van der Waals surface area contributed by atoms with Crippen LogP contribution >= 0.6 is 23.2 Å². The largest absolute Gasteiger partial charge is 0.484 e. The number of rotatable bonds is 11. The Morgan fingerprint density at radius 2 is 1.66 bits per heavy atom. The monoisotopic (exact) mass is 512 g/mol. The first-order valence-corrected chi connectivity index (χ1v) is 12.4. The van der Waals surface area contributed by atoms with Crippen molar-refractivity contribution >= 4 is 35.0 Å². The van der Waals surface area contributed by atoms with Gasteiger partial charge in [0.25, 0.3) is 5.91 Å². The van der Waals surface area contributed by atoms with Gasteiger partial charge in [0.05, 0.1) is 0 Å². The fourth-order valence-electron chi connectivity index (χ4n) is 3.73. The third-order valence-electron chi connectivity index (χ3n) is 5.67. The van der Waals surface area contributed by atoms with Crippen molar-refractivity contribution in [3.63, 3.8) is 0 Å². The predicted molar refractivity (Wildman–Crippen MR) is 141 cm³/mol. The Morgan fingerprint density at radius 3 is 2.29 bits per heavy atom. The minimum Gasteiger partial charge on any atom is -0.484 e. The van der Waals surface area contributed by atoms with E-state index in [9.17, 15) is 9.59 Å². The molecule has 0 fully saturated rings. The average molecular weight is 513 g/mol. The number of hydrogen-bond donors (Lipinski definition) is 1. The van der Waals surface area contributed by atoms with Crippen molar-refractivity contribution in [2.24, 2.45) is 0 Å². The first-order chi connectivity index (χ1) is 16.9. The summed E-state index contributed by atoms with van der Waals surface area (Å²) in [6.45, 7) is 4.31. The highest BCUT2D eigenvalue weighted by atomic mass is 35.5. The molecule has 1 N–H and O–H groups in total. The smallest absolute Gasteiger partial charge is 0.261 e. The Kier molecular flexibility index (Phi) is 10.0. The summed E-state index contributed by atoms with van der Waals surface area (Å²) < 4.78 is 5.80. The molecule has 0 aliphatic carbocycles. The van der Waals surface area contributed by atoms with Gasteiger partial charge in [0, 0.05) is 29.6 Å². The summed E-state index contributed by atoms with van der Waals surface area (Å²) >= 11 is 12.5. The number of benzene rings is 3. The van der Waals surface area contributed by atoms with E-state index in [4.69, 9.17) is 27.9 Å². The van der Waals surface area contributed by atoms with E-state index in [1.165, 1.54) is 10.5 Å². The van der Waals surface area contributed by atoms with Gasteiger partial charge in [-0.3, -0.25) is 9.59 Å². The van der Waals surface area contributed by atoms with Gasteiger partial charge >= 0.3 is 0 Å². The molecular weight excluding hydrogens is 483 g/mol. The van der Waals surface area contributed by atoms with Crippen LogP contribution in [0.4, 0.5) is 0 Å². The molecule has 0 unspecified atom stereocenters. The van der Waals surface area contributed by atoms with Crippen LogP contribution in [0, 0.1) is 0 Å². The molecule has 0 spiro atoms. The second-order valence-electron chi connectivity index (χ2n) is 8.14. The molecule has 7 heteroatoms. The van der Waals surface area contributed by atoms with Crippen molar-refractivity contribution in [3.05, 3.63) is 99.5 Å². The third kappa shape index (κ3) is 7.74. The number of nitrogens with one attached hydrogen (secondary N) is 1. The maximum atomic E-state index is 13.5. The van der Waals surface area contributed by atoms with Crippen LogP contribution in [-0.4, -0.2) is 35.9 Å². The second-order valence-corrected chi connectivity index (χ2v) is 8.99. The molecule has 0 radical (unpaired) electrons. The third-order valence-corrected chi connectivity index (χ3v) is 6.26. The van der Waals surface area contributed by atoms with Gasteiger partial charge < -0.3 is 15.0 Å². The molecule has 184 valence electrons. The van der Waals surface area contributed by atoms with E-state index < -0.39 is 6.04 Å². The first-order valence-electron chi connectivity index (χ1n) is 11.7. The van der Waals surface area contributed by atoms with E-state index in [1.54, 1.807) is 18.2 Å². The Bertz CT molecular complexity index is 1120. The van der Waals surface area contributed by atoms with E-state index in [-0.39, 0.29) is 25.0 Å². The van der Waals surface area contributed by atoms with Crippen LogP contribution < -0.4 is 10.1 Å². The number of halogens is 2. The van der Waals surface area contributed by atoms with Gasteiger partial charge in [-0.05, 0) is 54.3 Å². The van der Waals surface area contributed by atoms with Crippen LogP contribution in [0.25, 0.3) is 0 Å². The number of nitrogens with zero attached hydrogens (tertiary/aromatic N) is 1. The molecule has 0 aliphatic heterocycles. The zero-order chi connectivity index (χ0) is 25.2. The summed E-state index contributed by atoms with van der Waals surface area (Å²) in [7, 11) is 0. The number of ether oxygens (including phenoxy) is 1. The average Bonchev–Trinajstić information content (AvgIpc) is 2.87. The van der Waals surface area contributed by atoms with E-state index in [1.807, 2.05) is 61.5 Å². The van der Waals surface area contributed by atoms with Crippen LogP contribution in [0.3, 0.4) is 0 Å². The molecule has 0 aromatic heterocycles. The Hall–Kier alpha value is -3.02. The maximum Gasteiger partial charge on any atom is 0.261 e. The second kappa shape index (κ2) is 13.2. The molecule has 3 aromatic rings. The molecule has 0 aliphatic rings. The lowest BCUT2D eigenvalue weighted by Crippen LogP contribution is -2.51. The van der Waals surface area contributed by atoms with Gasteiger partial charge in [0.2, 0.25) is 5.91 Å². The van der Waals surface area contributed by atoms with Gasteiger partial charge in [-0.1, -0.05) is 78.7 Å². The van der Waals surface area contributed by atoms with Gasteiger partial charge in [-0.25, -0.2) is 0 Å². The molecule has 1 atom stereocenters. The number of amides is 2. The molecular formula is C28H30Cl2N2O3. The maximum absolute atomic E-state index is 13.5. The highest BCUT2D eigenvalue weighted by Crippen LogP contribution is 2.24. The van der Waals surface area contributed by atoms with E-state index >= 15 is 0 Å². The summed E-state index contributed by atoms with van der Waals surface area (Å²) in [6.07, 6.45) is 1.28. The fourth-order valence-corrected chi connectivity index (χ4v) is 4.20.